The number of rotatable bonds is 5. The van der Waals surface area contributed by atoms with Gasteiger partial charge in [0.25, 0.3) is 11.5 Å². The van der Waals surface area contributed by atoms with Crippen molar-refractivity contribution in [2.24, 2.45) is 0 Å². The number of nitrogens with one attached hydrogen (secondary N) is 1. The Hall–Kier alpha value is -3.09. The molecule has 1 N–H and O–H groups in total. The van der Waals surface area contributed by atoms with Gasteiger partial charge in [0, 0.05) is 24.0 Å². The first-order valence-electron chi connectivity index (χ1n) is 9.44. The van der Waals surface area contributed by atoms with Gasteiger partial charge in [-0.25, -0.2) is 4.79 Å². The molecule has 2 heterocycles. The van der Waals surface area contributed by atoms with Gasteiger partial charge >= 0.3 is 5.97 Å². The van der Waals surface area contributed by atoms with Crippen LogP contribution in [0.5, 0.6) is 5.75 Å². The van der Waals surface area contributed by atoms with Crippen LogP contribution in [0.15, 0.2) is 35.1 Å². The van der Waals surface area contributed by atoms with Crippen LogP contribution in [0.2, 0.25) is 0 Å². The van der Waals surface area contributed by atoms with E-state index in [-0.39, 0.29) is 23.8 Å². The molecule has 7 heteroatoms. The highest BCUT2D eigenvalue weighted by molar-refractivity contribution is 6.07. The Kier molecular flexibility index (Phi) is 6.13. The SMILES string of the molecule is CCOC(=O)c1cccc(NC(=O)c2c(OC)cc(=O)n3c2CCCCC3)c1. The fraction of sp³-hybridized carbons (Fsp3) is 0.381. The van der Waals surface area contributed by atoms with Crippen molar-refractivity contribution in [3.05, 3.63) is 57.5 Å². The average Bonchev–Trinajstić information content (AvgIpc) is 2.94. The molecule has 1 amide bonds. The summed E-state index contributed by atoms with van der Waals surface area (Å²) in [4.78, 5) is 37.4. The lowest BCUT2D eigenvalue weighted by molar-refractivity contribution is 0.0526. The van der Waals surface area contributed by atoms with E-state index >= 15 is 0 Å². The Morgan fingerprint density at radius 3 is 2.75 bits per heavy atom. The highest BCUT2D eigenvalue weighted by atomic mass is 16.5. The molecule has 0 spiro atoms. The molecule has 0 saturated carbocycles. The molecular weight excluding hydrogens is 360 g/mol. The number of benzene rings is 1. The third-order valence-corrected chi connectivity index (χ3v) is 4.76. The molecule has 2 aromatic rings. The number of anilines is 1. The van der Waals surface area contributed by atoms with Gasteiger partial charge in [-0.2, -0.15) is 0 Å². The maximum atomic E-state index is 13.1. The number of hydrogen-bond donors (Lipinski definition) is 1. The van der Waals surface area contributed by atoms with Crippen LogP contribution in [0, 0.1) is 0 Å². The first-order chi connectivity index (χ1) is 13.5. The number of aromatic nitrogens is 1. The molecule has 0 radical (unpaired) electrons. The molecule has 0 saturated heterocycles. The zero-order valence-electron chi connectivity index (χ0n) is 16.1. The van der Waals surface area contributed by atoms with Crippen molar-refractivity contribution in [3.63, 3.8) is 0 Å². The fourth-order valence-corrected chi connectivity index (χ4v) is 3.45. The van der Waals surface area contributed by atoms with Crippen LogP contribution < -0.4 is 15.6 Å². The topological polar surface area (TPSA) is 86.6 Å². The lowest BCUT2D eigenvalue weighted by Gasteiger charge is -2.17. The summed E-state index contributed by atoms with van der Waals surface area (Å²) < 4.78 is 12.0. The van der Waals surface area contributed by atoms with E-state index in [1.165, 1.54) is 13.2 Å². The Morgan fingerprint density at radius 2 is 2.00 bits per heavy atom. The molecule has 0 unspecified atom stereocenters. The Bertz CT molecular complexity index is 948. The van der Waals surface area contributed by atoms with Gasteiger partial charge in [0.05, 0.1) is 19.3 Å². The Labute approximate surface area is 163 Å². The number of esters is 1. The summed E-state index contributed by atoms with van der Waals surface area (Å²) in [6, 6.07) is 7.92. The van der Waals surface area contributed by atoms with E-state index in [1.807, 2.05) is 0 Å². The van der Waals surface area contributed by atoms with Crippen LogP contribution in [0.3, 0.4) is 0 Å². The summed E-state index contributed by atoms with van der Waals surface area (Å²) >= 11 is 0. The van der Waals surface area contributed by atoms with E-state index in [4.69, 9.17) is 9.47 Å². The maximum Gasteiger partial charge on any atom is 0.338 e. The lowest BCUT2D eigenvalue weighted by Crippen LogP contribution is -2.27. The normalized spacial score (nSPS) is 13.2. The molecule has 0 fully saturated rings. The number of ether oxygens (including phenoxy) is 2. The second-order valence-corrected chi connectivity index (χ2v) is 6.59. The average molecular weight is 384 g/mol. The summed E-state index contributed by atoms with van der Waals surface area (Å²) in [6.45, 7) is 2.60. The molecule has 0 aliphatic carbocycles. The van der Waals surface area contributed by atoms with Gasteiger partial charge in [-0.15, -0.1) is 0 Å². The number of amides is 1. The maximum absolute atomic E-state index is 13.1. The second kappa shape index (κ2) is 8.73. The standard InChI is InChI=1S/C21H24N2O5/c1-3-28-21(26)14-8-7-9-15(12-14)22-20(25)19-16-10-5-4-6-11-23(16)18(24)13-17(19)27-2/h7-9,12-13H,3-6,10-11H2,1-2H3,(H,22,25). The Morgan fingerprint density at radius 1 is 1.18 bits per heavy atom. The monoisotopic (exact) mass is 384 g/mol. The van der Waals surface area contributed by atoms with Crippen LogP contribution in [0.25, 0.3) is 0 Å². The first-order valence-corrected chi connectivity index (χ1v) is 9.44. The first kappa shape index (κ1) is 19.7. The minimum absolute atomic E-state index is 0.158. The largest absolute Gasteiger partial charge is 0.496 e. The lowest BCUT2D eigenvalue weighted by atomic mass is 10.1. The molecule has 0 atom stereocenters. The summed E-state index contributed by atoms with van der Waals surface area (Å²) in [6.07, 6.45) is 3.46. The van der Waals surface area contributed by atoms with Crippen molar-refractivity contribution in [1.29, 1.82) is 0 Å². The number of fused-ring (bicyclic) bond motifs is 1. The summed E-state index contributed by atoms with van der Waals surface area (Å²) in [5.74, 6) is -0.558. The van der Waals surface area contributed by atoms with Gasteiger partial charge < -0.3 is 19.4 Å². The predicted octanol–water partition coefficient (Wildman–Crippen LogP) is 3.01. The molecule has 1 aromatic heterocycles. The van der Waals surface area contributed by atoms with Gasteiger partial charge in [-0.3, -0.25) is 9.59 Å². The number of carbonyl (C=O) groups is 2. The quantitative estimate of drug-likeness (QED) is 0.801. The number of nitrogens with zero attached hydrogens (tertiary/aromatic N) is 1. The molecule has 148 valence electrons. The van der Waals surface area contributed by atoms with Crippen LogP contribution in [0.4, 0.5) is 5.69 Å². The summed E-state index contributed by atoms with van der Waals surface area (Å²) in [7, 11) is 1.45. The highest BCUT2D eigenvalue weighted by Gasteiger charge is 2.23. The second-order valence-electron chi connectivity index (χ2n) is 6.59. The zero-order valence-corrected chi connectivity index (χ0v) is 16.1. The molecule has 3 rings (SSSR count). The van der Waals surface area contributed by atoms with Crippen molar-refractivity contribution < 1.29 is 19.1 Å². The number of carbonyl (C=O) groups excluding carboxylic acids is 2. The minimum Gasteiger partial charge on any atom is -0.496 e. The third-order valence-electron chi connectivity index (χ3n) is 4.76. The van der Waals surface area contributed by atoms with Crippen LogP contribution in [-0.2, 0) is 17.7 Å². The number of pyridine rings is 1. The van der Waals surface area contributed by atoms with E-state index in [9.17, 15) is 14.4 Å². The van der Waals surface area contributed by atoms with Crippen LogP contribution in [-0.4, -0.2) is 30.2 Å². The smallest absolute Gasteiger partial charge is 0.338 e. The predicted molar refractivity (Wildman–Crippen MR) is 105 cm³/mol. The van der Waals surface area contributed by atoms with Crippen molar-refractivity contribution in [1.82, 2.24) is 4.57 Å². The fourth-order valence-electron chi connectivity index (χ4n) is 3.45. The van der Waals surface area contributed by atoms with Crippen LogP contribution in [0.1, 0.15) is 52.6 Å². The van der Waals surface area contributed by atoms with E-state index in [0.717, 1.165) is 19.3 Å². The van der Waals surface area contributed by atoms with Gasteiger partial charge in [0.15, 0.2) is 0 Å². The van der Waals surface area contributed by atoms with Crippen molar-refractivity contribution >= 4 is 17.6 Å². The molecule has 1 aromatic carbocycles. The Balaban J connectivity index is 1.96. The van der Waals surface area contributed by atoms with Crippen molar-refractivity contribution in [2.75, 3.05) is 19.0 Å². The van der Waals surface area contributed by atoms with Crippen molar-refractivity contribution in [2.45, 2.75) is 39.2 Å². The third kappa shape index (κ3) is 4.08. The minimum atomic E-state index is -0.448. The summed E-state index contributed by atoms with van der Waals surface area (Å²) in [5.41, 5.74) is 1.73. The number of hydrogen-bond acceptors (Lipinski definition) is 5. The van der Waals surface area contributed by atoms with Crippen LogP contribution >= 0.6 is 0 Å². The molecule has 1 aliphatic heterocycles. The van der Waals surface area contributed by atoms with E-state index in [2.05, 4.69) is 5.32 Å². The van der Waals surface area contributed by atoms with Crippen molar-refractivity contribution in [3.8, 4) is 5.75 Å². The van der Waals surface area contributed by atoms with Gasteiger partial charge in [-0.05, 0) is 44.4 Å². The molecule has 28 heavy (non-hydrogen) atoms. The molecule has 1 aliphatic rings. The van der Waals surface area contributed by atoms with Gasteiger partial charge in [0.1, 0.15) is 11.3 Å². The highest BCUT2D eigenvalue weighted by Crippen LogP contribution is 2.26. The molecular formula is C21H24N2O5. The molecule has 7 nitrogen and oxygen atoms in total. The van der Waals surface area contributed by atoms with E-state index in [1.54, 1.807) is 35.8 Å². The van der Waals surface area contributed by atoms with E-state index in [0.29, 0.717) is 35.5 Å². The van der Waals surface area contributed by atoms with Gasteiger partial charge in [0.2, 0.25) is 0 Å². The summed E-state index contributed by atoms with van der Waals surface area (Å²) in [5, 5.41) is 2.82. The zero-order chi connectivity index (χ0) is 20.1. The number of methoxy groups -OCH3 is 1. The molecule has 0 bridgehead atoms. The van der Waals surface area contributed by atoms with Gasteiger partial charge in [-0.1, -0.05) is 12.5 Å². The van der Waals surface area contributed by atoms with E-state index < -0.39 is 5.97 Å².